The van der Waals surface area contributed by atoms with Crippen molar-refractivity contribution in [2.75, 3.05) is 0 Å². The Labute approximate surface area is 175 Å². The number of carbonyl (C=O) groups is 2. The Bertz CT molecular complexity index is 823. The average Bonchev–Trinajstić information content (AvgIpc) is 2.67. The van der Waals surface area contributed by atoms with Crippen LogP contribution in [0.3, 0.4) is 0 Å². The van der Waals surface area contributed by atoms with Crippen molar-refractivity contribution < 1.29 is 14.8 Å². The first kappa shape index (κ1) is 22.2. The van der Waals surface area contributed by atoms with Crippen molar-refractivity contribution in [1.82, 2.24) is 10.8 Å². The topological polar surface area (TPSA) is 78.4 Å². The maximum atomic E-state index is 12.5. The predicted octanol–water partition coefficient (Wildman–Crippen LogP) is 4.83. The Morgan fingerprint density at radius 3 is 2.21 bits per heavy atom. The van der Waals surface area contributed by atoms with E-state index in [0.29, 0.717) is 23.0 Å². The van der Waals surface area contributed by atoms with E-state index < -0.39 is 11.8 Å². The Kier molecular flexibility index (Phi) is 8.30. The van der Waals surface area contributed by atoms with Crippen molar-refractivity contribution in [3.05, 3.63) is 58.1 Å². The standard InChI is InChI=1S/C21H24Cl2N2O3/c1-13(2)9-17(11-20(26)25-28)21(27)24-12-14-3-5-15(6-4-14)16-7-8-18(22)19(23)10-16/h3-8,10,13,17,28H,9,11-12H2,1-2H3,(H,24,27)(H,25,26). The lowest BCUT2D eigenvalue weighted by molar-refractivity contribution is -0.135. The van der Waals surface area contributed by atoms with E-state index in [2.05, 4.69) is 5.32 Å². The highest BCUT2D eigenvalue weighted by molar-refractivity contribution is 6.42. The molecule has 2 amide bonds. The molecule has 1 unspecified atom stereocenters. The highest BCUT2D eigenvalue weighted by atomic mass is 35.5. The molecule has 2 rings (SSSR count). The molecule has 28 heavy (non-hydrogen) atoms. The highest BCUT2D eigenvalue weighted by Crippen LogP contribution is 2.28. The van der Waals surface area contributed by atoms with Crippen molar-refractivity contribution in [3.63, 3.8) is 0 Å². The van der Waals surface area contributed by atoms with Crippen LogP contribution in [0.15, 0.2) is 42.5 Å². The average molecular weight is 423 g/mol. The fraction of sp³-hybridized carbons (Fsp3) is 0.333. The van der Waals surface area contributed by atoms with E-state index in [0.717, 1.165) is 16.7 Å². The largest absolute Gasteiger partial charge is 0.352 e. The number of hydrogen-bond donors (Lipinski definition) is 3. The van der Waals surface area contributed by atoms with Gasteiger partial charge < -0.3 is 5.32 Å². The molecule has 3 N–H and O–H groups in total. The summed E-state index contributed by atoms with van der Waals surface area (Å²) in [6, 6.07) is 13.2. The van der Waals surface area contributed by atoms with Crippen LogP contribution in [0, 0.1) is 11.8 Å². The quantitative estimate of drug-likeness (QED) is 0.420. The van der Waals surface area contributed by atoms with Crippen LogP contribution in [0.25, 0.3) is 11.1 Å². The lowest BCUT2D eigenvalue weighted by Crippen LogP contribution is -2.34. The van der Waals surface area contributed by atoms with Crippen LogP contribution in [-0.2, 0) is 16.1 Å². The lowest BCUT2D eigenvalue weighted by Gasteiger charge is -2.18. The molecule has 0 radical (unpaired) electrons. The summed E-state index contributed by atoms with van der Waals surface area (Å²) in [5.41, 5.74) is 4.47. The first-order valence-electron chi connectivity index (χ1n) is 9.05. The summed E-state index contributed by atoms with van der Waals surface area (Å²) in [4.78, 5) is 23.9. The number of benzene rings is 2. The number of rotatable bonds is 8. The second kappa shape index (κ2) is 10.5. The third kappa shape index (κ3) is 6.51. The molecular formula is C21H24Cl2N2O3. The van der Waals surface area contributed by atoms with Crippen LogP contribution in [0.1, 0.15) is 32.3 Å². The van der Waals surface area contributed by atoms with Crippen molar-refractivity contribution in [2.24, 2.45) is 11.8 Å². The minimum absolute atomic E-state index is 0.0449. The number of carbonyl (C=O) groups excluding carboxylic acids is 2. The molecule has 5 nitrogen and oxygen atoms in total. The van der Waals surface area contributed by atoms with E-state index in [9.17, 15) is 9.59 Å². The zero-order valence-electron chi connectivity index (χ0n) is 15.8. The molecule has 2 aromatic rings. The minimum Gasteiger partial charge on any atom is -0.352 e. The predicted molar refractivity (Wildman–Crippen MR) is 111 cm³/mol. The van der Waals surface area contributed by atoms with Gasteiger partial charge in [-0.1, -0.05) is 67.4 Å². The number of hydroxylamine groups is 1. The van der Waals surface area contributed by atoms with Gasteiger partial charge in [-0.2, -0.15) is 0 Å². The number of nitrogens with one attached hydrogen (secondary N) is 2. The number of halogens is 2. The van der Waals surface area contributed by atoms with Gasteiger partial charge in [0.25, 0.3) is 0 Å². The molecule has 0 heterocycles. The van der Waals surface area contributed by atoms with Gasteiger partial charge >= 0.3 is 0 Å². The van der Waals surface area contributed by atoms with Gasteiger partial charge in [0, 0.05) is 18.9 Å². The fourth-order valence-electron chi connectivity index (χ4n) is 2.95. The molecule has 2 aromatic carbocycles. The molecule has 0 saturated heterocycles. The molecule has 7 heteroatoms. The van der Waals surface area contributed by atoms with Crippen LogP contribution >= 0.6 is 23.2 Å². The van der Waals surface area contributed by atoms with Crippen molar-refractivity contribution in [3.8, 4) is 11.1 Å². The second-order valence-corrected chi connectivity index (χ2v) is 7.92. The summed E-state index contributed by atoms with van der Waals surface area (Å²) in [6.07, 6.45) is 0.520. The summed E-state index contributed by atoms with van der Waals surface area (Å²) in [7, 11) is 0. The van der Waals surface area contributed by atoms with Crippen LogP contribution in [0.2, 0.25) is 10.0 Å². The van der Waals surface area contributed by atoms with E-state index in [1.165, 1.54) is 0 Å². The van der Waals surface area contributed by atoms with Gasteiger partial charge in [0.05, 0.1) is 10.0 Å². The van der Waals surface area contributed by atoms with Gasteiger partial charge in [-0.05, 0) is 41.2 Å². The SMILES string of the molecule is CC(C)CC(CC(=O)NO)C(=O)NCc1ccc(-c2ccc(Cl)c(Cl)c2)cc1. The monoisotopic (exact) mass is 422 g/mol. The molecular weight excluding hydrogens is 399 g/mol. The fourth-order valence-corrected chi connectivity index (χ4v) is 3.24. The first-order chi connectivity index (χ1) is 13.3. The summed E-state index contributed by atoms with van der Waals surface area (Å²) >= 11 is 12.0. The van der Waals surface area contributed by atoms with Gasteiger partial charge in [0.15, 0.2) is 0 Å². The smallest absolute Gasteiger partial charge is 0.244 e. The van der Waals surface area contributed by atoms with Gasteiger partial charge in [0.1, 0.15) is 0 Å². The van der Waals surface area contributed by atoms with Gasteiger partial charge in [-0.3, -0.25) is 14.8 Å². The molecule has 0 spiro atoms. The molecule has 0 aliphatic rings. The van der Waals surface area contributed by atoms with Gasteiger partial charge in [0.2, 0.25) is 11.8 Å². The van der Waals surface area contributed by atoms with E-state index in [1.807, 2.05) is 50.2 Å². The van der Waals surface area contributed by atoms with E-state index in [-0.39, 0.29) is 18.2 Å². The maximum absolute atomic E-state index is 12.5. The molecule has 0 aromatic heterocycles. The van der Waals surface area contributed by atoms with Gasteiger partial charge in [-0.15, -0.1) is 0 Å². The van der Waals surface area contributed by atoms with Crippen LogP contribution in [0.4, 0.5) is 0 Å². The van der Waals surface area contributed by atoms with Crippen LogP contribution in [0.5, 0.6) is 0 Å². The summed E-state index contributed by atoms with van der Waals surface area (Å²) in [5.74, 6) is -0.993. The summed E-state index contributed by atoms with van der Waals surface area (Å²) < 4.78 is 0. The normalized spacial score (nSPS) is 11.9. The Morgan fingerprint density at radius 2 is 1.64 bits per heavy atom. The van der Waals surface area contributed by atoms with Crippen LogP contribution in [-0.4, -0.2) is 17.0 Å². The van der Waals surface area contributed by atoms with E-state index in [1.54, 1.807) is 11.5 Å². The Hall–Kier alpha value is -2.08. The van der Waals surface area contributed by atoms with Crippen molar-refractivity contribution in [1.29, 1.82) is 0 Å². The first-order valence-corrected chi connectivity index (χ1v) is 9.80. The molecule has 0 aliphatic heterocycles. The molecule has 0 aliphatic carbocycles. The molecule has 0 fully saturated rings. The van der Waals surface area contributed by atoms with Crippen molar-refractivity contribution in [2.45, 2.75) is 33.2 Å². The second-order valence-electron chi connectivity index (χ2n) is 7.11. The summed E-state index contributed by atoms with van der Waals surface area (Å²) in [5, 5.41) is 12.6. The molecule has 0 bridgehead atoms. The van der Waals surface area contributed by atoms with E-state index >= 15 is 0 Å². The number of hydrogen-bond acceptors (Lipinski definition) is 3. The van der Waals surface area contributed by atoms with E-state index in [4.69, 9.17) is 28.4 Å². The third-order valence-electron chi connectivity index (χ3n) is 4.36. The molecule has 1 atom stereocenters. The Morgan fingerprint density at radius 1 is 1.00 bits per heavy atom. The number of amides is 2. The third-order valence-corrected chi connectivity index (χ3v) is 5.10. The lowest BCUT2D eigenvalue weighted by atomic mass is 9.93. The zero-order valence-corrected chi connectivity index (χ0v) is 17.3. The molecule has 0 saturated carbocycles. The highest BCUT2D eigenvalue weighted by Gasteiger charge is 2.22. The summed E-state index contributed by atoms with van der Waals surface area (Å²) in [6.45, 7) is 4.33. The molecule has 150 valence electrons. The van der Waals surface area contributed by atoms with Crippen LogP contribution < -0.4 is 10.8 Å². The van der Waals surface area contributed by atoms with Crippen molar-refractivity contribution >= 4 is 35.0 Å². The minimum atomic E-state index is -0.563. The van der Waals surface area contributed by atoms with Gasteiger partial charge in [-0.25, -0.2) is 5.48 Å². The Balaban J connectivity index is 1.99. The maximum Gasteiger partial charge on any atom is 0.244 e. The zero-order chi connectivity index (χ0) is 20.7.